The molecule has 0 bridgehead atoms. The molecule has 0 saturated carbocycles. The molecule has 0 radical (unpaired) electrons. The third-order valence-corrected chi connectivity index (χ3v) is 2.66. The second-order valence-corrected chi connectivity index (χ2v) is 3.64. The Morgan fingerprint density at radius 3 is 2.80 bits per heavy atom. The van der Waals surface area contributed by atoms with Gasteiger partial charge in [-0.25, -0.2) is 4.99 Å². The van der Waals surface area contributed by atoms with Crippen LogP contribution in [0, 0.1) is 5.92 Å². The monoisotopic (exact) mass is 156 g/mol. The lowest BCUT2D eigenvalue weighted by Gasteiger charge is -2.12. The van der Waals surface area contributed by atoms with E-state index in [1.54, 1.807) is 11.8 Å². The standard InChI is InChI=1S/C7H12N2S/c1-5(2)6-3-9-7(8)4-10-6/h3,5H,4H2,1-2H3,(H2,8,9). The molecule has 56 valence electrons. The van der Waals surface area contributed by atoms with Gasteiger partial charge in [-0.15, -0.1) is 11.8 Å². The molecule has 0 spiro atoms. The highest BCUT2D eigenvalue weighted by Crippen LogP contribution is 2.25. The Hall–Kier alpha value is -0.440. The molecule has 1 aliphatic rings. The Morgan fingerprint density at radius 1 is 1.70 bits per heavy atom. The minimum absolute atomic E-state index is 0.585. The number of hydrogen-bond donors (Lipinski definition) is 1. The van der Waals surface area contributed by atoms with Crippen LogP contribution in [0.2, 0.25) is 0 Å². The van der Waals surface area contributed by atoms with Crippen LogP contribution in [0.4, 0.5) is 0 Å². The lowest BCUT2D eigenvalue weighted by atomic mass is 10.2. The molecular weight excluding hydrogens is 144 g/mol. The van der Waals surface area contributed by atoms with Crippen LogP contribution >= 0.6 is 11.8 Å². The van der Waals surface area contributed by atoms with Gasteiger partial charge in [-0.1, -0.05) is 13.8 Å². The van der Waals surface area contributed by atoms with Gasteiger partial charge in [0, 0.05) is 11.1 Å². The first-order chi connectivity index (χ1) is 4.70. The van der Waals surface area contributed by atoms with E-state index < -0.39 is 0 Å². The predicted octanol–water partition coefficient (Wildman–Crippen LogP) is 1.59. The van der Waals surface area contributed by atoms with Crippen molar-refractivity contribution in [1.82, 2.24) is 0 Å². The van der Waals surface area contributed by atoms with E-state index in [0.29, 0.717) is 5.92 Å². The molecule has 0 aliphatic carbocycles. The topological polar surface area (TPSA) is 38.4 Å². The highest BCUT2D eigenvalue weighted by Gasteiger charge is 2.08. The molecule has 10 heavy (non-hydrogen) atoms. The van der Waals surface area contributed by atoms with Crippen LogP contribution in [0.15, 0.2) is 16.1 Å². The van der Waals surface area contributed by atoms with E-state index >= 15 is 0 Å². The van der Waals surface area contributed by atoms with Crippen LogP contribution in [0.25, 0.3) is 0 Å². The Labute approximate surface area is 65.6 Å². The number of amidine groups is 1. The highest BCUT2D eigenvalue weighted by molar-refractivity contribution is 8.03. The van der Waals surface area contributed by atoms with Gasteiger partial charge >= 0.3 is 0 Å². The van der Waals surface area contributed by atoms with Crippen LogP contribution in [0.1, 0.15) is 13.8 Å². The lowest BCUT2D eigenvalue weighted by Crippen LogP contribution is -2.16. The second kappa shape index (κ2) is 3.10. The molecule has 0 unspecified atom stereocenters. The quantitative estimate of drug-likeness (QED) is 0.626. The summed E-state index contributed by atoms with van der Waals surface area (Å²) in [4.78, 5) is 5.37. The molecule has 0 saturated heterocycles. The summed E-state index contributed by atoms with van der Waals surface area (Å²) in [7, 11) is 0. The summed E-state index contributed by atoms with van der Waals surface area (Å²) < 4.78 is 0. The van der Waals surface area contributed by atoms with E-state index in [0.717, 1.165) is 11.6 Å². The van der Waals surface area contributed by atoms with Crippen molar-refractivity contribution >= 4 is 17.6 Å². The molecule has 0 aromatic heterocycles. The van der Waals surface area contributed by atoms with Gasteiger partial charge in [0.15, 0.2) is 0 Å². The average Bonchev–Trinajstić information content (AvgIpc) is 1.88. The fourth-order valence-corrected chi connectivity index (χ4v) is 1.54. The van der Waals surface area contributed by atoms with E-state index in [-0.39, 0.29) is 0 Å². The smallest absolute Gasteiger partial charge is 0.109 e. The Kier molecular flexibility index (Phi) is 2.38. The van der Waals surface area contributed by atoms with Crippen molar-refractivity contribution < 1.29 is 0 Å². The zero-order valence-corrected chi connectivity index (χ0v) is 7.11. The van der Waals surface area contributed by atoms with E-state index in [9.17, 15) is 0 Å². The number of nitrogens with two attached hydrogens (primary N) is 1. The van der Waals surface area contributed by atoms with Gasteiger partial charge in [-0.3, -0.25) is 0 Å². The summed E-state index contributed by atoms with van der Waals surface area (Å²) in [6.07, 6.45) is 1.87. The van der Waals surface area contributed by atoms with Gasteiger partial charge in [0.05, 0.1) is 5.75 Å². The van der Waals surface area contributed by atoms with Crippen LogP contribution in [-0.4, -0.2) is 11.6 Å². The molecule has 0 fully saturated rings. The molecule has 0 amide bonds. The minimum Gasteiger partial charge on any atom is -0.386 e. The zero-order valence-electron chi connectivity index (χ0n) is 6.29. The minimum atomic E-state index is 0.585. The largest absolute Gasteiger partial charge is 0.386 e. The van der Waals surface area contributed by atoms with Crippen molar-refractivity contribution in [2.24, 2.45) is 16.6 Å². The van der Waals surface area contributed by atoms with Crippen molar-refractivity contribution in [1.29, 1.82) is 0 Å². The summed E-state index contributed by atoms with van der Waals surface area (Å²) in [6.45, 7) is 4.33. The van der Waals surface area contributed by atoms with Crippen molar-refractivity contribution in [2.75, 3.05) is 5.75 Å². The van der Waals surface area contributed by atoms with Gasteiger partial charge in [0.2, 0.25) is 0 Å². The maximum absolute atomic E-state index is 5.48. The van der Waals surface area contributed by atoms with Crippen LogP contribution in [0.5, 0.6) is 0 Å². The normalized spacial score (nSPS) is 18.7. The molecule has 2 nitrogen and oxygen atoms in total. The van der Waals surface area contributed by atoms with E-state index in [4.69, 9.17) is 5.73 Å². The number of allylic oxidation sites excluding steroid dienone is 1. The summed E-state index contributed by atoms with van der Waals surface area (Å²) in [5.74, 6) is 2.17. The van der Waals surface area contributed by atoms with Crippen LogP contribution in [0.3, 0.4) is 0 Å². The summed E-state index contributed by atoms with van der Waals surface area (Å²) in [5.41, 5.74) is 5.48. The molecule has 0 atom stereocenters. The fourth-order valence-electron chi connectivity index (χ4n) is 0.694. The molecule has 0 aromatic rings. The first-order valence-electron chi connectivity index (χ1n) is 3.35. The van der Waals surface area contributed by atoms with Crippen molar-refractivity contribution in [3.05, 3.63) is 11.1 Å². The van der Waals surface area contributed by atoms with Crippen molar-refractivity contribution in [3.8, 4) is 0 Å². The van der Waals surface area contributed by atoms with Crippen molar-refractivity contribution in [2.45, 2.75) is 13.8 Å². The second-order valence-electron chi connectivity index (χ2n) is 2.60. The fraction of sp³-hybridized carbons (Fsp3) is 0.571. The Bertz CT molecular complexity index is 182. The summed E-state index contributed by atoms with van der Waals surface area (Å²) in [5, 5.41) is 0. The number of nitrogens with zero attached hydrogens (tertiary/aromatic N) is 1. The van der Waals surface area contributed by atoms with E-state index in [1.807, 2.05) is 6.20 Å². The molecule has 1 aliphatic heterocycles. The Morgan fingerprint density at radius 2 is 2.40 bits per heavy atom. The number of aliphatic imine (C=N–C) groups is 1. The van der Waals surface area contributed by atoms with E-state index in [2.05, 4.69) is 18.8 Å². The van der Waals surface area contributed by atoms with Crippen LogP contribution < -0.4 is 5.73 Å². The lowest BCUT2D eigenvalue weighted by molar-refractivity contribution is 0.813. The number of rotatable bonds is 1. The maximum atomic E-state index is 5.48. The molecule has 3 heteroatoms. The molecule has 0 aromatic carbocycles. The molecule has 2 N–H and O–H groups in total. The zero-order chi connectivity index (χ0) is 7.56. The molecule has 1 heterocycles. The highest BCUT2D eigenvalue weighted by atomic mass is 32.2. The first-order valence-corrected chi connectivity index (χ1v) is 4.33. The average molecular weight is 156 g/mol. The van der Waals surface area contributed by atoms with Gasteiger partial charge in [0.25, 0.3) is 0 Å². The predicted molar refractivity (Wildman–Crippen MR) is 47.0 cm³/mol. The number of hydrogen-bond acceptors (Lipinski definition) is 3. The maximum Gasteiger partial charge on any atom is 0.109 e. The third kappa shape index (κ3) is 1.77. The Balaban J connectivity index is 2.64. The SMILES string of the molecule is CC(C)C1=CN=C(N)CS1. The van der Waals surface area contributed by atoms with Gasteiger partial charge in [-0.2, -0.15) is 0 Å². The molecular formula is C7H12N2S. The summed E-state index contributed by atoms with van der Waals surface area (Å²) >= 11 is 1.78. The van der Waals surface area contributed by atoms with E-state index in [1.165, 1.54) is 4.91 Å². The van der Waals surface area contributed by atoms with Gasteiger partial charge < -0.3 is 5.73 Å². The number of thioether (sulfide) groups is 1. The third-order valence-electron chi connectivity index (χ3n) is 1.31. The van der Waals surface area contributed by atoms with Gasteiger partial charge in [-0.05, 0) is 5.92 Å². The van der Waals surface area contributed by atoms with Gasteiger partial charge in [0.1, 0.15) is 5.84 Å². The molecule has 1 rings (SSSR count). The van der Waals surface area contributed by atoms with Crippen molar-refractivity contribution in [3.63, 3.8) is 0 Å². The van der Waals surface area contributed by atoms with Crippen LogP contribution in [-0.2, 0) is 0 Å². The summed E-state index contributed by atoms with van der Waals surface area (Å²) in [6, 6.07) is 0. The first kappa shape index (κ1) is 7.66.